The predicted molar refractivity (Wildman–Crippen MR) is 321 cm³/mol. The molecule has 0 radical (unpaired) electrons. The normalized spacial score (nSPS) is 29.1. The topological polar surface area (TPSA) is 316 Å². The van der Waals surface area contributed by atoms with E-state index in [2.05, 4.69) is 24.5 Å². The third-order valence-electron chi connectivity index (χ3n) is 17.0. The highest BCUT2D eigenvalue weighted by Crippen LogP contribution is 2.33. The van der Waals surface area contributed by atoms with Crippen LogP contribution in [0, 0.1) is 0 Å². The molecule has 84 heavy (non-hydrogen) atoms. The van der Waals surface area contributed by atoms with Crippen molar-refractivity contribution in [1.29, 1.82) is 0 Å². The minimum atomic E-state index is -1.99. The summed E-state index contributed by atoms with van der Waals surface area (Å²) in [6.07, 6.45) is 22.5. The largest absolute Gasteiger partial charge is 0.394 e. The monoisotopic (exact) mass is 1200 g/mol. The van der Waals surface area contributed by atoms with E-state index in [1.807, 2.05) is 6.08 Å². The lowest BCUT2D eigenvalue weighted by Gasteiger charge is -2.48. The molecule has 0 aliphatic carbocycles. The number of hydrogen-bond acceptors (Lipinski definition) is 18. The zero-order chi connectivity index (χ0) is 61.3. The number of carbonyl (C=O) groups excluding carboxylic acids is 2. The molecule has 3 aliphatic heterocycles. The summed E-state index contributed by atoms with van der Waals surface area (Å²) >= 11 is 0. The highest BCUT2D eigenvalue weighted by Gasteiger charge is 2.54. The van der Waals surface area contributed by atoms with Crippen LogP contribution in [0.1, 0.15) is 252 Å². The zero-order valence-corrected chi connectivity index (χ0v) is 52.0. The van der Waals surface area contributed by atoms with Gasteiger partial charge in [0.2, 0.25) is 11.8 Å². The molecule has 1 unspecified atom stereocenters. The highest BCUT2D eigenvalue weighted by atomic mass is 16.8. The van der Waals surface area contributed by atoms with Crippen LogP contribution in [0.15, 0.2) is 12.2 Å². The van der Waals surface area contributed by atoms with Gasteiger partial charge < -0.3 is 90.1 Å². The van der Waals surface area contributed by atoms with E-state index in [1.54, 1.807) is 6.08 Å². The first-order valence-corrected chi connectivity index (χ1v) is 33.4. The maximum absolute atomic E-state index is 13.4. The third-order valence-corrected chi connectivity index (χ3v) is 17.0. The van der Waals surface area contributed by atoms with Gasteiger partial charge in [-0.15, -0.1) is 0 Å². The Kier molecular flexibility index (Phi) is 42.7. The van der Waals surface area contributed by atoms with E-state index < -0.39 is 130 Å². The maximum atomic E-state index is 13.4. The van der Waals surface area contributed by atoms with Crippen molar-refractivity contribution >= 4 is 11.8 Å². The Labute approximate surface area is 504 Å². The first kappa shape index (κ1) is 76.3. The predicted octanol–water partition coefficient (Wildman–Crippen LogP) is 7.08. The smallest absolute Gasteiger partial charge is 0.220 e. The standard InChI is InChI=1S/C64H120N2O18/c1-4-6-8-10-12-14-16-18-19-20-21-22-23-24-25-26-27-29-31-33-35-37-39-41-52(72)66-47(48(71)40-38-36-34-32-30-28-17-15-13-11-9-7-5-2)45-79-63-58(77)56(75)61(50(43-68)81-63)84-64-59(78)57(76)60(51(44-69)82-64)83-62-53(65-46(3)70)55(74)54(73)49(42-67)80-62/h38,40,47-51,53-64,67-69,71,73-78H,4-37,39,41-45H2,1-3H3,(H,65,70)(H,66,72)/t47-,48+,49+,50+,51+,53+,54-,55+,56+,57+,58?,59+,60-,61+,62-,63+,64-/m0/s1. The van der Waals surface area contributed by atoms with Crippen molar-refractivity contribution in [2.24, 2.45) is 0 Å². The van der Waals surface area contributed by atoms with Gasteiger partial charge in [0, 0.05) is 13.3 Å². The number of nitrogens with one attached hydrogen (secondary N) is 2. The summed E-state index contributed by atoms with van der Waals surface area (Å²) in [5, 5.41) is 114. The maximum Gasteiger partial charge on any atom is 0.220 e. The number of ether oxygens (including phenoxy) is 6. The van der Waals surface area contributed by atoms with Crippen LogP contribution in [0.3, 0.4) is 0 Å². The number of aliphatic hydroxyl groups is 10. The number of hydrogen-bond donors (Lipinski definition) is 12. The molecule has 3 heterocycles. The van der Waals surface area contributed by atoms with Gasteiger partial charge in [0.15, 0.2) is 18.9 Å². The second kappa shape index (κ2) is 47.1. The van der Waals surface area contributed by atoms with Crippen LogP contribution in [0.25, 0.3) is 0 Å². The molecule has 0 saturated carbocycles. The molecule has 3 aliphatic rings. The number of amides is 2. The Morgan fingerprint density at radius 3 is 1.25 bits per heavy atom. The Hall–Kier alpha value is -1.96. The van der Waals surface area contributed by atoms with Crippen LogP contribution in [-0.2, 0) is 38.0 Å². The first-order chi connectivity index (χ1) is 40.7. The fourth-order valence-electron chi connectivity index (χ4n) is 11.7. The average Bonchev–Trinajstić information content (AvgIpc) is 2.72. The molecule has 0 spiro atoms. The number of aliphatic hydroxyl groups excluding tert-OH is 10. The molecule has 0 aromatic carbocycles. The van der Waals surface area contributed by atoms with Crippen molar-refractivity contribution in [2.75, 3.05) is 26.4 Å². The van der Waals surface area contributed by atoms with E-state index in [9.17, 15) is 60.7 Å². The van der Waals surface area contributed by atoms with E-state index in [-0.39, 0.29) is 18.9 Å². The fraction of sp³-hybridized carbons (Fsp3) is 0.938. The number of allylic oxidation sites excluding steroid dienone is 1. The molecule has 3 saturated heterocycles. The van der Waals surface area contributed by atoms with E-state index in [4.69, 9.17) is 28.4 Å². The number of rotatable bonds is 50. The second-order valence-corrected chi connectivity index (χ2v) is 24.3. The molecule has 0 bridgehead atoms. The SMILES string of the molecule is CCCCCCCCCCCCCC=C[C@@H](O)[C@H](CO[C@@H]1O[C@H](CO)[C@@H](O[C@@H]2O[C@H](CO)[C@H](O[C@@H]3O[C@H](CO)[C@H](O)[C@H](O)[C@H]3NC(C)=O)[C@H](O)[C@H]2O)[C@H](O)C1O)NC(=O)CCCCCCCCCCCCCCCCCCCCCCCCC. The van der Waals surface area contributed by atoms with Crippen molar-refractivity contribution in [3.63, 3.8) is 0 Å². The lowest BCUT2D eigenvalue weighted by molar-refractivity contribution is -0.374. The molecular weight excluding hydrogens is 1080 g/mol. The first-order valence-electron chi connectivity index (χ1n) is 33.4. The van der Waals surface area contributed by atoms with Crippen molar-refractivity contribution in [3.8, 4) is 0 Å². The van der Waals surface area contributed by atoms with Crippen LogP contribution >= 0.6 is 0 Å². The van der Waals surface area contributed by atoms with Gasteiger partial charge in [-0.1, -0.05) is 231 Å². The van der Waals surface area contributed by atoms with Gasteiger partial charge in [0.05, 0.1) is 38.6 Å². The fourth-order valence-corrected chi connectivity index (χ4v) is 11.7. The molecule has 2 amide bonds. The van der Waals surface area contributed by atoms with Crippen molar-refractivity contribution in [3.05, 3.63) is 12.2 Å². The van der Waals surface area contributed by atoms with Crippen molar-refractivity contribution < 1.29 is 89.1 Å². The summed E-state index contributed by atoms with van der Waals surface area (Å²) in [5.41, 5.74) is 0. The second-order valence-electron chi connectivity index (χ2n) is 24.3. The molecule has 3 rings (SSSR count). The van der Waals surface area contributed by atoms with Gasteiger partial charge >= 0.3 is 0 Å². The minimum absolute atomic E-state index is 0.245. The summed E-state index contributed by atoms with van der Waals surface area (Å²) < 4.78 is 34.9. The summed E-state index contributed by atoms with van der Waals surface area (Å²) in [6, 6.07) is -2.40. The van der Waals surface area contributed by atoms with E-state index in [0.29, 0.717) is 6.42 Å². The summed E-state index contributed by atoms with van der Waals surface area (Å²) in [7, 11) is 0. The van der Waals surface area contributed by atoms with E-state index in [1.165, 1.54) is 173 Å². The Balaban J connectivity index is 1.47. The minimum Gasteiger partial charge on any atom is -0.394 e. The summed E-state index contributed by atoms with van der Waals surface area (Å²) in [5.74, 6) is -0.920. The zero-order valence-electron chi connectivity index (χ0n) is 52.0. The van der Waals surface area contributed by atoms with Crippen LogP contribution in [0.4, 0.5) is 0 Å². The lowest BCUT2D eigenvalue weighted by atomic mass is 9.95. The van der Waals surface area contributed by atoms with Gasteiger partial charge in [-0.05, 0) is 19.3 Å². The number of carbonyl (C=O) groups is 2. The molecular formula is C64H120N2O18. The highest BCUT2D eigenvalue weighted by molar-refractivity contribution is 5.76. The van der Waals surface area contributed by atoms with Crippen LogP contribution in [-0.4, -0.2) is 194 Å². The van der Waals surface area contributed by atoms with Crippen LogP contribution < -0.4 is 10.6 Å². The van der Waals surface area contributed by atoms with Crippen molar-refractivity contribution in [1.82, 2.24) is 10.6 Å². The molecule has 20 nitrogen and oxygen atoms in total. The van der Waals surface area contributed by atoms with Gasteiger partial charge in [0.1, 0.15) is 73.2 Å². The molecule has 3 fully saturated rings. The molecule has 12 N–H and O–H groups in total. The molecule has 0 aromatic heterocycles. The van der Waals surface area contributed by atoms with Gasteiger partial charge in [-0.25, -0.2) is 0 Å². The third kappa shape index (κ3) is 30.0. The quantitative estimate of drug-likeness (QED) is 0.0214. The molecule has 0 aromatic rings. The van der Waals surface area contributed by atoms with Gasteiger partial charge in [-0.3, -0.25) is 9.59 Å². The summed E-state index contributed by atoms with van der Waals surface area (Å²) in [4.78, 5) is 25.4. The van der Waals surface area contributed by atoms with Crippen LogP contribution in [0.5, 0.6) is 0 Å². The molecule has 494 valence electrons. The average molecular weight is 1210 g/mol. The van der Waals surface area contributed by atoms with Crippen LogP contribution in [0.2, 0.25) is 0 Å². The number of unbranched alkanes of at least 4 members (excludes halogenated alkanes) is 33. The Morgan fingerprint density at radius 1 is 0.464 bits per heavy atom. The van der Waals surface area contributed by atoms with Crippen molar-refractivity contribution in [2.45, 2.75) is 356 Å². The van der Waals surface area contributed by atoms with E-state index in [0.717, 1.165) is 51.9 Å². The Morgan fingerprint density at radius 2 is 0.833 bits per heavy atom. The molecule has 17 atom stereocenters. The van der Waals surface area contributed by atoms with E-state index >= 15 is 0 Å². The van der Waals surface area contributed by atoms with Gasteiger partial charge in [0.25, 0.3) is 0 Å². The van der Waals surface area contributed by atoms with Gasteiger partial charge in [-0.2, -0.15) is 0 Å². The lowest BCUT2D eigenvalue weighted by Crippen LogP contribution is -2.68. The molecule has 20 heteroatoms. The Bertz CT molecular complexity index is 1650. The summed E-state index contributed by atoms with van der Waals surface area (Å²) in [6.45, 7) is 2.86.